The molecule has 4 aromatic rings. The van der Waals surface area contributed by atoms with Crippen molar-refractivity contribution in [3.8, 4) is 11.3 Å². The lowest BCUT2D eigenvalue weighted by Crippen LogP contribution is -2.42. The molecular formula is C29H28N6O3. The quantitative estimate of drug-likeness (QED) is 0.382. The van der Waals surface area contributed by atoms with Gasteiger partial charge in [-0.05, 0) is 72.5 Å². The number of carbonyl (C=O) groups excluding carboxylic acids is 3. The molecule has 3 N–H and O–H groups in total. The fourth-order valence-corrected chi connectivity index (χ4v) is 5.32. The minimum absolute atomic E-state index is 0.0156. The van der Waals surface area contributed by atoms with E-state index in [2.05, 4.69) is 20.9 Å². The van der Waals surface area contributed by atoms with Crippen LogP contribution < -0.4 is 16.0 Å². The topological polar surface area (TPSA) is 108 Å². The second-order valence-corrected chi connectivity index (χ2v) is 9.69. The second kappa shape index (κ2) is 9.66. The molecule has 9 heteroatoms. The van der Waals surface area contributed by atoms with Crippen LogP contribution in [0, 0.1) is 5.92 Å². The summed E-state index contributed by atoms with van der Waals surface area (Å²) in [5.41, 5.74) is 6.80. The van der Waals surface area contributed by atoms with Gasteiger partial charge in [-0.2, -0.15) is 0 Å². The summed E-state index contributed by atoms with van der Waals surface area (Å²) in [6, 6.07) is 17.3. The fraction of sp³-hybridized carbons (Fsp3) is 0.241. The Balaban J connectivity index is 1.18. The first-order chi connectivity index (χ1) is 18.5. The smallest absolute Gasteiger partial charge is 0.253 e. The van der Waals surface area contributed by atoms with E-state index in [0.717, 1.165) is 39.4 Å². The molecule has 1 fully saturated rings. The highest BCUT2D eigenvalue weighted by molar-refractivity contribution is 5.99. The number of rotatable bonds is 5. The van der Waals surface area contributed by atoms with Crippen molar-refractivity contribution in [1.82, 2.24) is 24.9 Å². The molecule has 2 aromatic heterocycles. The van der Waals surface area contributed by atoms with Gasteiger partial charge in [0.05, 0.1) is 11.4 Å². The molecule has 2 aromatic carbocycles. The number of aromatic nitrogens is 2. The van der Waals surface area contributed by atoms with E-state index < -0.39 is 0 Å². The monoisotopic (exact) mass is 508 g/mol. The Bertz CT molecular complexity index is 1550. The highest BCUT2D eigenvalue weighted by Crippen LogP contribution is 2.30. The van der Waals surface area contributed by atoms with Crippen molar-refractivity contribution >= 4 is 34.7 Å². The molecule has 0 unspecified atom stereocenters. The van der Waals surface area contributed by atoms with Crippen molar-refractivity contribution in [3.63, 3.8) is 0 Å². The van der Waals surface area contributed by atoms with Gasteiger partial charge in [0.25, 0.3) is 11.8 Å². The summed E-state index contributed by atoms with van der Waals surface area (Å²) in [4.78, 5) is 43.1. The summed E-state index contributed by atoms with van der Waals surface area (Å²) in [5, 5.41) is 8.98. The largest absolute Gasteiger partial charge is 0.359 e. The van der Waals surface area contributed by atoms with Crippen LogP contribution in [-0.4, -0.2) is 52.1 Å². The van der Waals surface area contributed by atoms with Crippen molar-refractivity contribution in [3.05, 3.63) is 83.7 Å². The van der Waals surface area contributed by atoms with Crippen molar-refractivity contribution in [2.45, 2.75) is 19.4 Å². The molecule has 9 nitrogen and oxygen atoms in total. The zero-order valence-electron chi connectivity index (χ0n) is 21.0. The molecule has 0 spiro atoms. The number of fused-ring (bicyclic) bond motifs is 2. The van der Waals surface area contributed by atoms with Gasteiger partial charge in [-0.15, -0.1) is 0 Å². The van der Waals surface area contributed by atoms with Crippen LogP contribution in [0.1, 0.15) is 39.1 Å². The number of anilines is 2. The van der Waals surface area contributed by atoms with Crippen LogP contribution in [0.25, 0.3) is 16.9 Å². The predicted molar refractivity (Wildman–Crippen MR) is 144 cm³/mol. The van der Waals surface area contributed by atoms with Gasteiger partial charge < -0.3 is 20.9 Å². The zero-order valence-corrected chi connectivity index (χ0v) is 21.0. The zero-order chi connectivity index (χ0) is 26.2. The Labute approximate surface area is 219 Å². The van der Waals surface area contributed by atoms with Gasteiger partial charge in [0.1, 0.15) is 0 Å². The minimum Gasteiger partial charge on any atom is -0.359 e. The number of imidazole rings is 1. The fourth-order valence-electron chi connectivity index (χ4n) is 5.32. The number of nitrogens with one attached hydrogen (secondary N) is 3. The molecular weight excluding hydrogens is 480 g/mol. The number of pyridine rings is 1. The first-order valence-corrected chi connectivity index (χ1v) is 12.8. The number of likely N-dealkylation sites (tertiary alicyclic amines) is 1. The molecule has 3 amide bonds. The van der Waals surface area contributed by atoms with Crippen LogP contribution in [0.3, 0.4) is 0 Å². The summed E-state index contributed by atoms with van der Waals surface area (Å²) in [6.45, 7) is 1.71. The molecule has 2 aliphatic rings. The van der Waals surface area contributed by atoms with Gasteiger partial charge in [0, 0.05) is 61.8 Å². The first-order valence-electron chi connectivity index (χ1n) is 12.8. The number of nitrogens with zero attached hydrogens (tertiary/aromatic N) is 3. The van der Waals surface area contributed by atoms with E-state index in [9.17, 15) is 14.4 Å². The summed E-state index contributed by atoms with van der Waals surface area (Å²) in [6.07, 6.45) is 5.04. The Morgan fingerprint density at radius 2 is 1.82 bits per heavy atom. The van der Waals surface area contributed by atoms with E-state index in [1.54, 1.807) is 13.2 Å². The number of carbonyl (C=O) groups is 3. The normalized spacial score (nSPS) is 15.3. The van der Waals surface area contributed by atoms with Crippen molar-refractivity contribution in [2.24, 2.45) is 5.92 Å². The van der Waals surface area contributed by atoms with Crippen molar-refractivity contribution in [1.29, 1.82) is 0 Å². The molecule has 38 heavy (non-hydrogen) atoms. The maximum Gasteiger partial charge on any atom is 0.253 e. The number of hydrogen-bond donors (Lipinski definition) is 3. The number of piperidine rings is 1. The Morgan fingerprint density at radius 3 is 2.58 bits per heavy atom. The summed E-state index contributed by atoms with van der Waals surface area (Å²) in [5.74, 6) is -0.0195. The maximum absolute atomic E-state index is 13.0. The van der Waals surface area contributed by atoms with Crippen LogP contribution in [0.15, 0.2) is 67.0 Å². The third kappa shape index (κ3) is 4.26. The lowest BCUT2D eigenvalue weighted by Gasteiger charge is -2.31. The van der Waals surface area contributed by atoms with Gasteiger partial charge >= 0.3 is 0 Å². The van der Waals surface area contributed by atoms with E-state index in [1.807, 2.05) is 70.1 Å². The van der Waals surface area contributed by atoms with Crippen molar-refractivity contribution in [2.75, 3.05) is 25.5 Å². The summed E-state index contributed by atoms with van der Waals surface area (Å²) < 4.78 is 2.02. The average Bonchev–Trinajstić information content (AvgIpc) is 3.60. The van der Waals surface area contributed by atoms with E-state index in [1.165, 1.54) is 0 Å². The standard InChI is InChI=1S/C29H28N6O3/c1-30-27(36)18-10-13-34(14-11-18)29(38)19-2-5-22(6-3-19)33-24-8-9-25(35-15-12-31-26(24)35)20-4-7-23-21(16-20)17-32-28(23)37/h2-9,12,15-16,18,33H,10-11,13-14,17H2,1H3,(H,30,36)(H,32,37). The van der Waals surface area contributed by atoms with E-state index in [-0.39, 0.29) is 23.6 Å². The highest BCUT2D eigenvalue weighted by Gasteiger charge is 2.27. The van der Waals surface area contributed by atoms with Gasteiger partial charge in [0.15, 0.2) is 5.65 Å². The third-order valence-electron chi connectivity index (χ3n) is 7.44. The predicted octanol–water partition coefficient (Wildman–Crippen LogP) is 3.59. The van der Waals surface area contributed by atoms with Crippen molar-refractivity contribution < 1.29 is 14.4 Å². The highest BCUT2D eigenvalue weighted by atomic mass is 16.2. The molecule has 2 aliphatic heterocycles. The second-order valence-electron chi connectivity index (χ2n) is 9.69. The van der Waals surface area contributed by atoms with Crippen LogP contribution >= 0.6 is 0 Å². The molecule has 0 bridgehead atoms. The Kier molecular flexibility index (Phi) is 6.03. The molecule has 6 rings (SSSR count). The molecule has 0 atom stereocenters. The number of benzene rings is 2. The van der Waals surface area contributed by atoms with Gasteiger partial charge in [-0.25, -0.2) is 4.98 Å². The average molecular weight is 509 g/mol. The van der Waals surface area contributed by atoms with Gasteiger partial charge in [0.2, 0.25) is 5.91 Å². The van der Waals surface area contributed by atoms with E-state index in [0.29, 0.717) is 38.0 Å². The third-order valence-corrected chi connectivity index (χ3v) is 7.44. The number of amides is 3. The van der Waals surface area contributed by atoms with E-state index >= 15 is 0 Å². The molecule has 192 valence electrons. The summed E-state index contributed by atoms with van der Waals surface area (Å²) >= 11 is 0. The molecule has 0 radical (unpaired) electrons. The Morgan fingerprint density at radius 1 is 1.03 bits per heavy atom. The molecule has 0 aliphatic carbocycles. The SMILES string of the molecule is CNC(=O)C1CCN(C(=O)c2ccc(Nc3ccc(-c4ccc5c(c4)CNC5=O)n4ccnc34)cc2)CC1. The molecule has 0 saturated carbocycles. The van der Waals surface area contributed by atoms with Crippen LogP contribution in [0.2, 0.25) is 0 Å². The summed E-state index contributed by atoms with van der Waals surface area (Å²) in [7, 11) is 1.65. The maximum atomic E-state index is 13.0. The van der Waals surface area contributed by atoms with E-state index in [4.69, 9.17) is 0 Å². The Hall–Kier alpha value is -4.66. The molecule has 4 heterocycles. The van der Waals surface area contributed by atoms with Gasteiger partial charge in [-0.3, -0.25) is 18.8 Å². The minimum atomic E-state index is -0.0304. The number of hydrogen-bond acceptors (Lipinski definition) is 5. The lowest BCUT2D eigenvalue weighted by molar-refractivity contribution is -0.125. The van der Waals surface area contributed by atoms with Crippen LogP contribution in [0.5, 0.6) is 0 Å². The van der Waals surface area contributed by atoms with Crippen LogP contribution in [0.4, 0.5) is 11.4 Å². The first kappa shape index (κ1) is 23.7. The lowest BCUT2D eigenvalue weighted by atomic mass is 9.95. The molecule has 1 saturated heterocycles. The van der Waals surface area contributed by atoms with Gasteiger partial charge in [-0.1, -0.05) is 6.07 Å². The van der Waals surface area contributed by atoms with Crippen LogP contribution in [-0.2, 0) is 11.3 Å².